The van der Waals surface area contributed by atoms with E-state index in [1.807, 2.05) is 22.8 Å². The molecule has 24 heavy (non-hydrogen) atoms. The highest BCUT2D eigenvalue weighted by Crippen LogP contribution is 2.15. The summed E-state index contributed by atoms with van der Waals surface area (Å²) >= 11 is 0. The number of esters is 1. The highest BCUT2D eigenvalue weighted by molar-refractivity contribution is 5.76. The van der Waals surface area contributed by atoms with E-state index >= 15 is 0 Å². The lowest BCUT2D eigenvalue weighted by Gasteiger charge is -2.34. The van der Waals surface area contributed by atoms with E-state index in [2.05, 4.69) is 4.74 Å². The molecule has 1 atom stereocenters. The highest BCUT2D eigenvalue weighted by atomic mass is 19.1. The fourth-order valence-corrected chi connectivity index (χ4v) is 2.97. The molecule has 6 heteroatoms. The zero-order valence-corrected chi connectivity index (χ0v) is 14.3. The van der Waals surface area contributed by atoms with Gasteiger partial charge in [0, 0.05) is 32.6 Å². The van der Waals surface area contributed by atoms with Crippen LogP contribution in [0.2, 0.25) is 0 Å². The van der Waals surface area contributed by atoms with Crippen molar-refractivity contribution in [1.82, 2.24) is 9.80 Å². The lowest BCUT2D eigenvalue weighted by atomic mass is 9.97. The minimum absolute atomic E-state index is 0.122. The lowest BCUT2D eigenvalue weighted by molar-refractivity contribution is -0.142. The summed E-state index contributed by atoms with van der Waals surface area (Å²) in [5.41, 5.74) is 0.915. The number of rotatable bonds is 6. The Bertz CT molecular complexity index is 571. The third kappa shape index (κ3) is 5.60. The molecule has 1 fully saturated rings. The van der Waals surface area contributed by atoms with Crippen LogP contribution in [0.1, 0.15) is 18.9 Å². The Kier molecular flexibility index (Phi) is 6.73. The number of halogens is 1. The SMILES string of the molecule is COC(=O)CN1CCN(C(=O)CC(C)Cc2cccc(F)c2)CC1. The molecule has 1 aliphatic heterocycles. The fraction of sp³-hybridized carbons (Fsp3) is 0.556. The third-order valence-electron chi connectivity index (χ3n) is 4.30. The number of methoxy groups -OCH3 is 1. The van der Waals surface area contributed by atoms with Gasteiger partial charge in [0.25, 0.3) is 0 Å². The molecule has 0 saturated carbocycles. The summed E-state index contributed by atoms with van der Waals surface area (Å²) < 4.78 is 17.9. The molecule has 1 aromatic rings. The Morgan fingerprint density at radius 1 is 1.25 bits per heavy atom. The first kappa shape index (κ1) is 18.4. The fourth-order valence-electron chi connectivity index (χ4n) is 2.97. The van der Waals surface area contributed by atoms with Crippen LogP contribution in [0, 0.1) is 11.7 Å². The van der Waals surface area contributed by atoms with E-state index in [0.29, 0.717) is 39.0 Å². The molecule has 5 nitrogen and oxygen atoms in total. The van der Waals surface area contributed by atoms with Crippen molar-refractivity contribution in [2.24, 2.45) is 5.92 Å². The number of hydrogen-bond acceptors (Lipinski definition) is 4. The molecule has 132 valence electrons. The van der Waals surface area contributed by atoms with Crippen LogP contribution in [-0.4, -0.2) is 61.5 Å². The molecule has 0 spiro atoms. The predicted octanol–water partition coefficient (Wildman–Crippen LogP) is 1.71. The Labute approximate surface area is 142 Å². The number of benzene rings is 1. The van der Waals surface area contributed by atoms with Gasteiger partial charge in [0.1, 0.15) is 5.82 Å². The van der Waals surface area contributed by atoms with Crippen LogP contribution >= 0.6 is 0 Å². The molecule has 0 radical (unpaired) electrons. The molecule has 1 aliphatic rings. The zero-order chi connectivity index (χ0) is 17.5. The van der Waals surface area contributed by atoms with Crippen molar-refractivity contribution in [3.8, 4) is 0 Å². The summed E-state index contributed by atoms with van der Waals surface area (Å²) in [4.78, 5) is 27.5. The summed E-state index contributed by atoms with van der Waals surface area (Å²) in [7, 11) is 1.38. The maximum Gasteiger partial charge on any atom is 0.319 e. The highest BCUT2D eigenvalue weighted by Gasteiger charge is 2.23. The molecule has 0 bridgehead atoms. The summed E-state index contributed by atoms with van der Waals surface area (Å²) in [5.74, 6) is -0.213. The van der Waals surface area contributed by atoms with Crippen molar-refractivity contribution >= 4 is 11.9 Å². The van der Waals surface area contributed by atoms with Gasteiger partial charge in [0.2, 0.25) is 5.91 Å². The number of carbonyl (C=O) groups excluding carboxylic acids is 2. The van der Waals surface area contributed by atoms with Crippen LogP contribution in [0.5, 0.6) is 0 Å². The number of hydrogen-bond donors (Lipinski definition) is 0. The second-order valence-electron chi connectivity index (χ2n) is 6.38. The van der Waals surface area contributed by atoms with E-state index < -0.39 is 0 Å². The van der Waals surface area contributed by atoms with E-state index in [1.165, 1.54) is 19.2 Å². The molecule has 1 unspecified atom stereocenters. The minimum atomic E-state index is -0.251. The van der Waals surface area contributed by atoms with Crippen LogP contribution < -0.4 is 0 Å². The number of nitrogens with zero attached hydrogens (tertiary/aromatic N) is 2. The summed E-state index contributed by atoms with van der Waals surface area (Å²) in [6.07, 6.45) is 1.14. The second-order valence-corrected chi connectivity index (χ2v) is 6.38. The molecule has 1 saturated heterocycles. The number of ether oxygens (including phenoxy) is 1. The Hall–Kier alpha value is -1.95. The Morgan fingerprint density at radius 3 is 2.58 bits per heavy atom. The van der Waals surface area contributed by atoms with Crippen molar-refractivity contribution in [2.75, 3.05) is 39.8 Å². The van der Waals surface area contributed by atoms with Crippen molar-refractivity contribution in [1.29, 1.82) is 0 Å². The van der Waals surface area contributed by atoms with Gasteiger partial charge in [-0.1, -0.05) is 19.1 Å². The van der Waals surface area contributed by atoms with Gasteiger partial charge in [0.15, 0.2) is 0 Å². The quantitative estimate of drug-likeness (QED) is 0.742. The maximum atomic E-state index is 13.2. The van der Waals surface area contributed by atoms with Crippen LogP contribution in [0.15, 0.2) is 24.3 Å². The molecule has 1 amide bonds. The first-order valence-corrected chi connectivity index (χ1v) is 8.29. The van der Waals surface area contributed by atoms with Crippen LogP contribution in [0.3, 0.4) is 0 Å². The first-order chi connectivity index (χ1) is 11.5. The number of carbonyl (C=O) groups is 2. The first-order valence-electron chi connectivity index (χ1n) is 8.29. The number of amides is 1. The molecule has 0 N–H and O–H groups in total. The Balaban J connectivity index is 1.75. The van der Waals surface area contributed by atoms with Gasteiger partial charge in [-0.25, -0.2) is 4.39 Å². The minimum Gasteiger partial charge on any atom is -0.468 e. The largest absolute Gasteiger partial charge is 0.468 e. The molecular formula is C18H25FN2O3. The van der Waals surface area contributed by atoms with E-state index in [4.69, 9.17) is 0 Å². The van der Waals surface area contributed by atoms with Gasteiger partial charge in [-0.3, -0.25) is 14.5 Å². The molecule has 0 aromatic heterocycles. The maximum absolute atomic E-state index is 13.2. The summed E-state index contributed by atoms with van der Waals surface area (Å²) in [6.45, 7) is 4.90. The van der Waals surface area contributed by atoms with Crippen LogP contribution in [0.4, 0.5) is 4.39 Å². The average Bonchev–Trinajstić information content (AvgIpc) is 2.55. The van der Waals surface area contributed by atoms with Crippen molar-refractivity contribution in [3.05, 3.63) is 35.6 Å². The smallest absolute Gasteiger partial charge is 0.319 e. The van der Waals surface area contributed by atoms with E-state index in [9.17, 15) is 14.0 Å². The second kappa shape index (κ2) is 8.78. The van der Waals surface area contributed by atoms with E-state index in [0.717, 1.165) is 5.56 Å². The van der Waals surface area contributed by atoms with Gasteiger partial charge in [-0.05, 0) is 30.0 Å². The Morgan fingerprint density at radius 2 is 1.96 bits per heavy atom. The summed E-state index contributed by atoms with van der Waals surface area (Å²) in [6, 6.07) is 6.52. The van der Waals surface area contributed by atoms with Gasteiger partial charge in [0.05, 0.1) is 13.7 Å². The normalized spacial score (nSPS) is 16.7. The lowest BCUT2D eigenvalue weighted by Crippen LogP contribution is -2.50. The predicted molar refractivity (Wildman–Crippen MR) is 88.9 cm³/mol. The van der Waals surface area contributed by atoms with Gasteiger partial charge < -0.3 is 9.64 Å². The molecule has 0 aliphatic carbocycles. The van der Waals surface area contributed by atoms with E-state index in [1.54, 1.807) is 6.07 Å². The van der Waals surface area contributed by atoms with Crippen molar-refractivity contribution < 1.29 is 18.7 Å². The van der Waals surface area contributed by atoms with Gasteiger partial charge in [-0.2, -0.15) is 0 Å². The van der Waals surface area contributed by atoms with Gasteiger partial charge >= 0.3 is 5.97 Å². The molecule has 1 heterocycles. The topological polar surface area (TPSA) is 49.9 Å². The molecule has 1 aromatic carbocycles. The van der Waals surface area contributed by atoms with Crippen LogP contribution in [-0.2, 0) is 20.7 Å². The zero-order valence-electron chi connectivity index (χ0n) is 14.3. The molecule has 2 rings (SSSR count). The average molecular weight is 336 g/mol. The monoisotopic (exact) mass is 336 g/mol. The number of piperazine rings is 1. The van der Waals surface area contributed by atoms with Crippen molar-refractivity contribution in [2.45, 2.75) is 19.8 Å². The van der Waals surface area contributed by atoms with Crippen molar-refractivity contribution in [3.63, 3.8) is 0 Å². The standard InChI is InChI=1S/C18H25FN2O3/c1-14(10-15-4-3-5-16(19)12-15)11-17(22)21-8-6-20(7-9-21)13-18(23)24-2/h3-5,12,14H,6-11,13H2,1-2H3. The molecular weight excluding hydrogens is 311 g/mol. The van der Waals surface area contributed by atoms with Crippen LogP contribution in [0.25, 0.3) is 0 Å². The van der Waals surface area contributed by atoms with E-state index in [-0.39, 0.29) is 30.2 Å². The van der Waals surface area contributed by atoms with Gasteiger partial charge in [-0.15, -0.1) is 0 Å². The summed E-state index contributed by atoms with van der Waals surface area (Å²) in [5, 5.41) is 0. The third-order valence-corrected chi connectivity index (χ3v) is 4.30.